The molecule has 0 aliphatic carbocycles. The fraction of sp³-hybridized carbons (Fsp3) is 1.00. The first-order valence-electron chi connectivity index (χ1n) is 20.0. The molecule has 41 heavy (non-hydrogen) atoms. The molecule has 1 heteroatoms. The van der Waals surface area contributed by atoms with E-state index in [4.69, 9.17) is 0 Å². The molecule has 0 fully saturated rings. The van der Waals surface area contributed by atoms with E-state index in [9.17, 15) is 0 Å². The molecule has 0 radical (unpaired) electrons. The Morgan fingerprint density at radius 1 is 0.195 bits per heavy atom. The first-order chi connectivity index (χ1) is 20.4. The van der Waals surface area contributed by atoms with E-state index < -0.39 is 0 Å². The molecule has 0 aliphatic heterocycles. The first kappa shape index (κ1) is 41.8. The third-order valence-corrected chi connectivity index (χ3v) is 12.6. The zero-order valence-electron chi connectivity index (χ0n) is 29.3. The molecule has 0 heterocycles. The summed E-state index contributed by atoms with van der Waals surface area (Å²) >= 11 is 0.355. The minimum absolute atomic E-state index is 0.355. The monoisotopic (exact) mass is 693 g/mol. The van der Waals surface area contributed by atoms with E-state index in [-0.39, 0.29) is 0 Å². The van der Waals surface area contributed by atoms with Crippen LogP contribution in [-0.4, -0.2) is 20.9 Å². The van der Waals surface area contributed by atoms with E-state index >= 15 is 0 Å². The Hall–Kier alpha value is 0.790. The molecule has 0 saturated heterocycles. The summed E-state index contributed by atoms with van der Waals surface area (Å²) in [4.78, 5) is 0. The predicted molar refractivity (Wildman–Crippen MR) is 193 cm³/mol. The zero-order valence-corrected chi connectivity index (χ0v) is 31.6. The van der Waals surface area contributed by atoms with E-state index in [1.807, 2.05) is 0 Å². The normalized spacial score (nSPS) is 11.6. The summed E-state index contributed by atoms with van der Waals surface area (Å²) in [5.74, 6) is 0. The molecule has 0 spiro atoms. The second-order valence-electron chi connectivity index (χ2n) is 13.6. The summed E-state index contributed by atoms with van der Waals surface area (Å²) in [6.07, 6.45) is 53.7. The first-order valence-corrected chi connectivity index (χ1v) is 23.3. The maximum atomic E-state index is 2.31. The summed E-state index contributed by atoms with van der Waals surface area (Å²) in [5.41, 5.74) is 0. The molecule has 0 saturated carbocycles. The Morgan fingerprint density at radius 2 is 0.341 bits per heavy atom. The van der Waals surface area contributed by atoms with E-state index in [1.165, 1.54) is 218 Å². The van der Waals surface area contributed by atoms with Crippen LogP contribution in [0.4, 0.5) is 0 Å². The molecule has 0 nitrogen and oxygen atoms in total. The van der Waals surface area contributed by atoms with Gasteiger partial charge in [-0.25, -0.2) is 0 Å². The number of hydrogen-bond acceptors (Lipinski definition) is 0. The van der Waals surface area contributed by atoms with Gasteiger partial charge < -0.3 is 0 Å². The van der Waals surface area contributed by atoms with Crippen molar-refractivity contribution in [1.82, 2.24) is 0 Å². The predicted octanol–water partition coefficient (Wildman–Crippen LogP) is 15.6. The molecule has 0 atom stereocenters. The van der Waals surface area contributed by atoms with Gasteiger partial charge in [-0.15, -0.1) is 0 Å². The van der Waals surface area contributed by atoms with Crippen molar-refractivity contribution in [3.63, 3.8) is 0 Å². The second kappa shape index (κ2) is 40.8. The van der Waals surface area contributed by atoms with E-state index in [2.05, 4.69) is 13.8 Å². The van der Waals surface area contributed by atoms with Crippen LogP contribution in [0.15, 0.2) is 0 Å². The van der Waals surface area contributed by atoms with Crippen LogP contribution in [0.1, 0.15) is 245 Å². The van der Waals surface area contributed by atoms with E-state index in [1.54, 1.807) is 21.8 Å². The van der Waals surface area contributed by atoms with Crippen LogP contribution >= 0.6 is 0 Å². The van der Waals surface area contributed by atoms with Crippen LogP contribution in [-0.2, 0) is 0 Å². The molecular formula is C40H82Te. The van der Waals surface area contributed by atoms with Crippen molar-refractivity contribution < 1.29 is 0 Å². The second-order valence-corrected chi connectivity index (χ2v) is 17.1. The van der Waals surface area contributed by atoms with Gasteiger partial charge >= 0.3 is 171 Å². The van der Waals surface area contributed by atoms with Crippen molar-refractivity contribution in [3.05, 3.63) is 0 Å². The molecule has 0 aromatic carbocycles. The van der Waals surface area contributed by atoms with Crippen molar-refractivity contribution in [2.75, 3.05) is 0 Å². The van der Waals surface area contributed by atoms with Crippen LogP contribution in [0.5, 0.6) is 0 Å². The van der Waals surface area contributed by atoms with Gasteiger partial charge in [-0.2, -0.15) is 0 Å². The van der Waals surface area contributed by atoms with Crippen molar-refractivity contribution >= 4 is 20.9 Å². The number of unbranched alkanes of at least 4 members (excludes halogenated alkanes) is 34. The SMILES string of the molecule is CCCCCCCCCCCCCCCCCCCC[Te]CCCCCCCCCCCCCCCCCCCC. The maximum absolute atomic E-state index is 2.31. The Morgan fingerprint density at radius 3 is 0.512 bits per heavy atom. The van der Waals surface area contributed by atoms with Gasteiger partial charge in [0.25, 0.3) is 0 Å². The molecule has 0 amide bonds. The topological polar surface area (TPSA) is 0 Å². The van der Waals surface area contributed by atoms with Crippen LogP contribution < -0.4 is 0 Å². The summed E-state index contributed by atoms with van der Waals surface area (Å²) in [6.45, 7) is 4.62. The quantitative estimate of drug-likeness (QED) is 0.0447. The van der Waals surface area contributed by atoms with Gasteiger partial charge in [0.1, 0.15) is 0 Å². The van der Waals surface area contributed by atoms with Crippen molar-refractivity contribution in [3.8, 4) is 0 Å². The van der Waals surface area contributed by atoms with Gasteiger partial charge in [0.15, 0.2) is 0 Å². The molecule has 0 bridgehead atoms. The van der Waals surface area contributed by atoms with Gasteiger partial charge in [-0.1, -0.05) is 104 Å². The summed E-state index contributed by atoms with van der Waals surface area (Å²) in [5, 5.41) is 0. The molecule has 0 unspecified atom stereocenters. The molecule has 248 valence electrons. The molecule has 0 aromatic heterocycles. The number of hydrogen-bond donors (Lipinski definition) is 0. The minimum atomic E-state index is 0.355. The third kappa shape index (κ3) is 40.8. The van der Waals surface area contributed by atoms with Crippen LogP contribution in [0, 0.1) is 0 Å². The van der Waals surface area contributed by atoms with Crippen molar-refractivity contribution in [1.29, 1.82) is 0 Å². The van der Waals surface area contributed by atoms with Gasteiger partial charge in [-0.05, 0) is 0 Å². The molecule has 0 N–H and O–H groups in total. The molecule has 0 rings (SSSR count). The van der Waals surface area contributed by atoms with Gasteiger partial charge in [0, 0.05) is 0 Å². The van der Waals surface area contributed by atoms with E-state index in [0.29, 0.717) is 20.9 Å². The van der Waals surface area contributed by atoms with Crippen LogP contribution in [0.3, 0.4) is 0 Å². The zero-order chi connectivity index (χ0) is 29.6. The van der Waals surface area contributed by atoms with Gasteiger partial charge in [-0.3, -0.25) is 0 Å². The Kier molecular flexibility index (Phi) is 41.6. The standard InChI is InChI=1S/C40H82Te/c1-3-5-7-9-11-13-15-17-19-21-23-25-27-29-31-33-35-37-39-41-40-38-36-34-32-30-28-26-24-22-20-18-16-14-12-10-8-6-4-2/h3-40H2,1-2H3. The average molecular weight is 691 g/mol. The molecule has 0 aromatic rings. The van der Waals surface area contributed by atoms with Crippen molar-refractivity contribution in [2.45, 2.75) is 254 Å². The van der Waals surface area contributed by atoms with Crippen LogP contribution in [0.25, 0.3) is 0 Å². The third-order valence-electron chi connectivity index (χ3n) is 9.28. The summed E-state index contributed by atoms with van der Waals surface area (Å²) in [6, 6.07) is 0. The van der Waals surface area contributed by atoms with E-state index in [0.717, 1.165) is 0 Å². The molecule has 0 aliphatic rings. The Balaban J connectivity index is 3.02. The Bertz CT molecular complexity index is 381. The summed E-state index contributed by atoms with van der Waals surface area (Å²) in [7, 11) is 0. The smallest absolute Gasteiger partial charge is 0.0654 e. The average Bonchev–Trinajstić information content (AvgIpc) is 2.98. The van der Waals surface area contributed by atoms with Gasteiger partial charge in [0.2, 0.25) is 0 Å². The minimum Gasteiger partial charge on any atom is -0.0654 e. The number of rotatable bonds is 38. The van der Waals surface area contributed by atoms with Crippen LogP contribution in [0.2, 0.25) is 8.94 Å². The fourth-order valence-electron chi connectivity index (χ4n) is 6.31. The summed E-state index contributed by atoms with van der Waals surface area (Å²) < 4.78 is 3.26. The Labute approximate surface area is 273 Å². The molecular weight excluding hydrogens is 608 g/mol. The van der Waals surface area contributed by atoms with Crippen molar-refractivity contribution in [2.24, 2.45) is 0 Å². The fourth-order valence-corrected chi connectivity index (χ4v) is 9.23. The van der Waals surface area contributed by atoms with Gasteiger partial charge in [0.05, 0.1) is 0 Å².